The number of benzene rings is 2. The smallest absolute Gasteiger partial charge is 0.0237 e. The molecule has 1 atom stereocenters. The topological polar surface area (TPSA) is 29.3 Å². The fourth-order valence-electron chi connectivity index (χ4n) is 3.04. The molecule has 0 amide bonds. The van der Waals surface area contributed by atoms with Crippen molar-refractivity contribution < 1.29 is 0 Å². The highest BCUT2D eigenvalue weighted by Crippen LogP contribution is 2.22. The summed E-state index contributed by atoms with van der Waals surface area (Å²) in [6, 6.07) is 20.0. The molecule has 1 fully saturated rings. The molecule has 20 heavy (non-hydrogen) atoms. The van der Waals surface area contributed by atoms with E-state index in [1.54, 1.807) is 0 Å². The molecule has 0 bridgehead atoms. The summed E-state index contributed by atoms with van der Waals surface area (Å²) in [6.07, 6.45) is 2.53. The maximum atomic E-state index is 5.84. The van der Waals surface area contributed by atoms with Crippen molar-refractivity contribution in [1.29, 1.82) is 0 Å². The van der Waals surface area contributed by atoms with Gasteiger partial charge in [0.25, 0.3) is 0 Å². The Morgan fingerprint density at radius 3 is 2.35 bits per heavy atom. The van der Waals surface area contributed by atoms with Crippen molar-refractivity contribution in [3.05, 3.63) is 60.2 Å². The van der Waals surface area contributed by atoms with E-state index in [1.165, 1.54) is 36.1 Å². The molecule has 1 saturated heterocycles. The predicted molar refractivity (Wildman–Crippen MR) is 84.4 cm³/mol. The Hall–Kier alpha value is -1.64. The van der Waals surface area contributed by atoms with Gasteiger partial charge in [-0.05, 0) is 36.1 Å². The maximum Gasteiger partial charge on any atom is 0.0237 e. The largest absolute Gasteiger partial charge is 0.329 e. The molecule has 0 aliphatic carbocycles. The van der Waals surface area contributed by atoms with Crippen molar-refractivity contribution in [1.82, 2.24) is 4.90 Å². The van der Waals surface area contributed by atoms with Crippen LogP contribution in [0.2, 0.25) is 0 Å². The van der Waals surface area contributed by atoms with Crippen molar-refractivity contribution in [2.45, 2.75) is 25.4 Å². The van der Waals surface area contributed by atoms with E-state index in [4.69, 9.17) is 5.73 Å². The van der Waals surface area contributed by atoms with E-state index in [0.29, 0.717) is 6.04 Å². The van der Waals surface area contributed by atoms with E-state index in [9.17, 15) is 0 Å². The number of nitrogens with zero attached hydrogens (tertiary/aromatic N) is 1. The van der Waals surface area contributed by atoms with Crippen molar-refractivity contribution in [2.75, 3.05) is 13.1 Å². The number of likely N-dealkylation sites (tertiary alicyclic amines) is 1. The average molecular weight is 266 g/mol. The molecule has 104 valence electrons. The molecule has 1 heterocycles. The molecule has 0 saturated carbocycles. The van der Waals surface area contributed by atoms with Gasteiger partial charge in [-0.25, -0.2) is 0 Å². The zero-order valence-electron chi connectivity index (χ0n) is 11.8. The summed E-state index contributed by atoms with van der Waals surface area (Å²) >= 11 is 0. The van der Waals surface area contributed by atoms with Crippen molar-refractivity contribution in [3.8, 4) is 11.1 Å². The monoisotopic (exact) mass is 266 g/mol. The standard InChI is InChI=1S/C18H22N2/c19-13-18-7-4-12-20(18)14-15-8-10-17(11-9-15)16-5-2-1-3-6-16/h1-3,5-6,8-11,18H,4,7,12-14,19H2. The normalized spacial score (nSPS) is 19.4. The van der Waals surface area contributed by atoms with Gasteiger partial charge in [0.2, 0.25) is 0 Å². The minimum absolute atomic E-state index is 0.573. The summed E-state index contributed by atoms with van der Waals surface area (Å²) in [5, 5.41) is 0. The summed E-state index contributed by atoms with van der Waals surface area (Å²) in [7, 11) is 0. The number of hydrogen-bond acceptors (Lipinski definition) is 2. The molecule has 2 aromatic rings. The lowest BCUT2D eigenvalue weighted by Crippen LogP contribution is -2.34. The molecule has 3 rings (SSSR count). The first-order valence-corrected chi connectivity index (χ1v) is 7.45. The van der Waals surface area contributed by atoms with Gasteiger partial charge in [0, 0.05) is 19.1 Å². The lowest BCUT2D eigenvalue weighted by atomic mass is 10.0. The molecule has 2 aromatic carbocycles. The van der Waals surface area contributed by atoms with Gasteiger partial charge >= 0.3 is 0 Å². The molecular weight excluding hydrogens is 244 g/mol. The first-order chi connectivity index (χ1) is 9.86. The second kappa shape index (κ2) is 6.21. The van der Waals surface area contributed by atoms with Crippen LogP contribution in [0.3, 0.4) is 0 Å². The van der Waals surface area contributed by atoms with Gasteiger partial charge in [-0.1, -0.05) is 54.6 Å². The summed E-state index contributed by atoms with van der Waals surface area (Å²) in [5.41, 5.74) is 9.78. The minimum atomic E-state index is 0.573. The highest BCUT2D eigenvalue weighted by molar-refractivity contribution is 5.63. The Morgan fingerprint density at radius 1 is 0.950 bits per heavy atom. The highest BCUT2D eigenvalue weighted by Gasteiger charge is 2.22. The fourth-order valence-corrected chi connectivity index (χ4v) is 3.04. The Balaban J connectivity index is 1.70. The molecule has 0 aromatic heterocycles. The van der Waals surface area contributed by atoms with Crippen LogP contribution in [-0.2, 0) is 6.54 Å². The van der Waals surface area contributed by atoms with Crippen molar-refractivity contribution in [2.24, 2.45) is 5.73 Å². The predicted octanol–water partition coefficient (Wildman–Crippen LogP) is 3.28. The first kappa shape index (κ1) is 13.3. The van der Waals surface area contributed by atoms with Gasteiger partial charge in [-0.15, -0.1) is 0 Å². The zero-order valence-corrected chi connectivity index (χ0v) is 11.8. The van der Waals surface area contributed by atoms with Crippen LogP contribution in [-0.4, -0.2) is 24.0 Å². The lowest BCUT2D eigenvalue weighted by molar-refractivity contribution is 0.250. The van der Waals surface area contributed by atoms with Crippen LogP contribution in [0.5, 0.6) is 0 Å². The van der Waals surface area contributed by atoms with Crippen LogP contribution in [0.4, 0.5) is 0 Å². The van der Waals surface area contributed by atoms with Crippen LogP contribution < -0.4 is 5.73 Å². The molecule has 0 spiro atoms. The van der Waals surface area contributed by atoms with Crippen LogP contribution in [0.15, 0.2) is 54.6 Å². The van der Waals surface area contributed by atoms with E-state index in [2.05, 4.69) is 59.5 Å². The quantitative estimate of drug-likeness (QED) is 0.920. The van der Waals surface area contributed by atoms with Crippen LogP contribution >= 0.6 is 0 Å². The maximum absolute atomic E-state index is 5.84. The summed E-state index contributed by atoms with van der Waals surface area (Å²) in [6.45, 7) is 2.99. The Labute approximate surface area is 121 Å². The lowest BCUT2D eigenvalue weighted by Gasteiger charge is -2.23. The van der Waals surface area contributed by atoms with Crippen LogP contribution in [0.25, 0.3) is 11.1 Å². The van der Waals surface area contributed by atoms with Crippen LogP contribution in [0, 0.1) is 0 Å². The third-order valence-electron chi connectivity index (χ3n) is 4.22. The SMILES string of the molecule is NCC1CCCN1Cc1ccc(-c2ccccc2)cc1. The minimum Gasteiger partial charge on any atom is -0.329 e. The third kappa shape index (κ3) is 2.92. The Morgan fingerprint density at radius 2 is 1.65 bits per heavy atom. The second-order valence-corrected chi connectivity index (χ2v) is 5.57. The molecule has 1 aliphatic heterocycles. The van der Waals surface area contributed by atoms with Crippen molar-refractivity contribution in [3.63, 3.8) is 0 Å². The highest BCUT2D eigenvalue weighted by atomic mass is 15.2. The third-order valence-corrected chi connectivity index (χ3v) is 4.22. The van der Waals surface area contributed by atoms with E-state index in [1.807, 2.05) is 0 Å². The average Bonchev–Trinajstić information content (AvgIpc) is 2.96. The van der Waals surface area contributed by atoms with Crippen molar-refractivity contribution >= 4 is 0 Å². The van der Waals surface area contributed by atoms with Gasteiger partial charge in [0.05, 0.1) is 0 Å². The van der Waals surface area contributed by atoms with Gasteiger partial charge in [0.1, 0.15) is 0 Å². The van der Waals surface area contributed by atoms with E-state index in [-0.39, 0.29) is 0 Å². The fraction of sp³-hybridized carbons (Fsp3) is 0.333. The molecule has 2 heteroatoms. The van der Waals surface area contributed by atoms with Crippen LogP contribution in [0.1, 0.15) is 18.4 Å². The molecule has 0 radical (unpaired) electrons. The molecule has 2 nitrogen and oxygen atoms in total. The summed E-state index contributed by atoms with van der Waals surface area (Å²) < 4.78 is 0. The Kier molecular flexibility index (Phi) is 4.14. The van der Waals surface area contributed by atoms with E-state index < -0.39 is 0 Å². The first-order valence-electron chi connectivity index (χ1n) is 7.45. The number of nitrogens with two attached hydrogens (primary N) is 1. The molecule has 1 unspecified atom stereocenters. The van der Waals surface area contributed by atoms with E-state index in [0.717, 1.165) is 13.1 Å². The zero-order chi connectivity index (χ0) is 13.8. The molecular formula is C18H22N2. The molecule has 1 aliphatic rings. The summed E-state index contributed by atoms with van der Waals surface area (Å²) in [5.74, 6) is 0. The number of hydrogen-bond donors (Lipinski definition) is 1. The van der Waals surface area contributed by atoms with Gasteiger partial charge in [-0.3, -0.25) is 4.90 Å². The molecule has 2 N–H and O–H groups in total. The van der Waals surface area contributed by atoms with E-state index >= 15 is 0 Å². The van der Waals surface area contributed by atoms with Gasteiger partial charge in [-0.2, -0.15) is 0 Å². The Bertz CT molecular complexity index is 533. The van der Waals surface area contributed by atoms with Gasteiger partial charge in [0.15, 0.2) is 0 Å². The summed E-state index contributed by atoms with van der Waals surface area (Å²) in [4.78, 5) is 2.51. The number of rotatable bonds is 4. The second-order valence-electron chi connectivity index (χ2n) is 5.57. The van der Waals surface area contributed by atoms with Gasteiger partial charge < -0.3 is 5.73 Å².